The molecule has 6 nitrogen and oxygen atoms in total. The number of nitrogens with zero attached hydrogens (tertiary/aromatic N) is 1. The van der Waals surface area contributed by atoms with E-state index >= 15 is 0 Å². The summed E-state index contributed by atoms with van der Waals surface area (Å²) < 4.78 is 28.9. The Morgan fingerprint density at radius 1 is 1.04 bits per heavy atom. The zero-order valence-electron chi connectivity index (χ0n) is 14.3. The van der Waals surface area contributed by atoms with Gasteiger partial charge in [-0.15, -0.1) is 0 Å². The van der Waals surface area contributed by atoms with Gasteiger partial charge in [0, 0.05) is 15.5 Å². The SMILES string of the molecule is Cc1ccc(I)c(NS(=O)(=O)c2cccc(NC(=O)c3ccccn3)c2)c1. The lowest BCUT2D eigenvalue weighted by Gasteiger charge is -2.12. The summed E-state index contributed by atoms with van der Waals surface area (Å²) in [5.41, 5.74) is 2.08. The maximum Gasteiger partial charge on any atom is 0.274 e. The fourth-order valence-electron chi connectivity index (χ4n) is 2.35. The molecule has 0 unspecified atom stereocenters. The molecule has 0 radical (unpaired) electrons. The van der Waals surface area contributed by atoms with Gasteiger partial charge in [0.05, 0.1) is 10.6 Å². The number of carbonyl (C=O) groups is 1. The molecule has 0 saturated heterocycles. The summed E-state index contributed by atoms with van der Waals surface area (Å²) in [5, 5.41) is 2.66. The topological polar surface area (TPSA) is 88.2 Å². The summed E-state index contributed by atoms with van der Waals surface area (Å²) in [6.45, 7) is 1.89. The van der Waals surface area contributed by atoms with Gasteiger partial charge in [-0.3, -0.25) is 14.5 Å². The summed E-state index contributed by atoms with van der Waals surface area (Å²) in [4.78, 5) is 16.2. The van der Waals surface area contributed by atoms with Crippen molar-refractivity contribution in [2.45, 2.75) is 11.8 Å². The molecule has 0 atom stereocenters. The first-order valence-corrected chi connectivity index (χ1v) is 10.5. The number of aryl methyl sites for hydroxylation is 1. The molecule has 8 heteroatoms. The normalized spacial score (nSPS) is 11.0. The van der Waals surface area contributed by atoms with Crippen molar-refractivity contribution in [1.82, 2.24) is 4.98 Å². The molecule has 0 aliphatic rings. The van der Waals surface area contributed by atoms with Gasteiger partial charge < -0.3 is 5.32 Å². The van der Waals surface area contributed by atoms with E-state index in [1.165, 1.54) is 18.3 Å². The zero-order chi connectivity index (χ0) is 19.4. The van der Waals surface area contributed by atoms with Gasteiger partial charge in [0.2, 0.25) is 0 Å². The quantitative estimate of drug-likeness (QED) is 0.526. The lowest BCUT2D eigenvalue weighted by Crippen LogP contribution is -2.16. The first-order valence-electron chi connectivity index (χ1n) is 7.96. The largest absolute Gasteiger partial charge is 0.321 e. The van der Waals surface area contributed by atoms with E-state index in [-0.39, 0.29) is 10.6 Å². The number of sulfonamides is 1. The highest BCUT2D eigenvalue weighted by atomic mass is 127. The number of pyridine rings is 1. The molecule has 0 bridgehead atoms. The highest BCUT2D eigenvalue weighted by Crippen LogP contribution is 2.24. The van der Waals surface area contributed by atoms with Crippen LogP contribution in [0.4, 0.5) is 11.4 Å². The first-order chi connectivity index (χ1) is 12.8. The van der Waals surface area contributed by atoms with Crippen LogP contribution in [0.25, 0.3) is 0 Å². The fraction of sp³-hybridized carbons (Fsp3) is 0.0526. The van der Waals surface area contributed by atoms with E-state index in [9.17, 15) is 13.2 Å². The molecule has 27 heavy (non-hydrogen) atoms. The maximum absolute atomic E-state index is 12.7. The Balaban J connectivity index is 1.84. The number of hydrogen-bond donors (Lipinski definition) is 2. The van der Waals surface area contributed by atoms with Crippen LogP contribution in [0, 0.1) is 10.5 Å². The van der Waals surface area contributed by atoms with Gasteiger partial charge >= 0.3 is 0 Å². The number of aromatic nitrogens is 1. The summed E-state index contributed by atoms with van der Waals surface area (Å²) in [6.07, 6.45) is 1.52. The summed E-state index contributed by atoms with van der Waals surface area (Å²) in [6, 6.07) is 16.6. The molecular formula is C19H16IN3O3S. The molecule has 3 rings (SSSR count). The third-order valence-electron chi connectivity index (χ3n) is 3.67. The Morgan fingerprint density at radius 3 is 2.59 bits per heavy atom. The minimum absolute atomic E-state index is 0.0543. The molecule has 3 aromatic rings. The van der Waals surface area contributed by atoms with Crippen molar-refractivity contribution < 1.29 is 13.2 Å². The van der Waals surface area contributed by atoms with Crippen molar-refractivity contribution in [2.75, 3.05) is 10.0 Å². The van der Waals surface area contributed by atoms with Gasteiger partial charge in [-0.05, 0) is 77.5 Å². The molecule has 138 valence electrons. The van der Waals surface area contributed by atoms with Crippen LogP contribution in [0.5, 0.6) is 0 Å². The third-order valence-corrected chi connectivity index (χ3v) is 5.97. The lowest BCUT2D eigenvalue weighted by atomic mass is 10.2. The van der Waals surface area contributed by atoms with Crippen LogP contribution in [0.1, 0.15) is 16.1 Å². The van der Waals surface area contributed by atoms with Gasteiger partial charge in [0.1, 0.15) is 5.69 Å². The maximum atomic E-state index is 12.7. The molecule has 0 aliphatic carbocycles. The summed E-state index contributed by atoms with van der Waals surface area (Å²) in [5.74, 6) is -0.411. The minimum atomic E-state index is -3.80. The zero-order valence-corrected chi connectivity index (χ0v) is 17.3. The van der Waals surface area contributed by atoms with Crippen molar-refractivity contribution >= 4 is 49.9 Å². The smallest absolute Gasteiger partial charge is 0.274 e. The predicted octanol–water partition coefficient (Wildman–Crippen LogP) is 4.05. The molecule has 2 aromatic carbocycles. The van der Waals surface area contributed by atoms with Crippen molar-refractivity contribution in [3.63, 3.8) is 0 Å². The molecule has 0 fully saturated rings. The Kier molecular flexibility index (Phi) is 5.76. The van der Waals surface area contributed by atoms with E-state index in [1.54, 1.807) is 36.4 Å². The van der Waals surface area contributed by atoms with Gasteiger partial charge in [0.15, 0.2) is 0 Å². The Morgan fingerprint density at radius 2 is 1.85 bits per heavy atom. The fourth-order valence-corrected chi connectivity index (χ4v) is 4.12. The first kappa shape index (κ1) is 19.3. The van der Waals surface area contributed by atoms with Crippen LogP contribution in [0.15, 0.2) is 71.8 Å². The Bertz CT molecular complexity index is 1090. The van der Waals surface area contributed by atoms with Crippen molar-refractivity contribution in [2.24, 2.45) is 0 Å². The average Bonchev–Trinajstić information content (AvgIpc) is 2.65. The van der Waals surface area contributed by atoms with Crippen LogP contribution in [0.2, 0.25) is 0 Å². The van der Waals surface area contributed by atoms with Crippen LogP contribution in [-0.2, 0) is 10.0 Å². The van der Waals surface area contributed by atoms with Crippen molar-refractivity contribution in [1.29, 1.82) is 0 Å². The molecule has 0 saturated carbocycles. The number of carbonyl (C=O) groups excluding carboxylic acids is 1. The second-order valence-electron chi connectivity index (χ2n) is 5.79. The Labute approximate surface area is 171 Å². The number of hydrogen-bond acceptors (Lipinski definition) is 4. The lowest BCUT2D eigenvalue weighted by molar-refractivity contribution is 0.102. The van der Waals surface area contributed by atoms with Gasteiger partial charge in [-0.1, -0.05) is 18.2 Å². The van der Waals surface area contributed by atoms with E-state index < -0.39 is 15.9 Å². The Hall–Kier alpha value is -2.46. The third kappa shape index (κ3) is 4.83. The molecule has 1 amide bonds. The number of benzene rings is 2. The molecule has 1 aromatic heterocycles. The number of halogens is 1. The second-order valence-corrected chi connectivity index (χ2v) is 8.63. The van der Waals surface area contributed by atoms with E-state index in [0.29, 0.717) is 11.4 Å². The van der Waals surface area contributed by atoms with E-state index in [2.05, 4.69) is 37.6 Å². The highest BCUT2D eigenvalue weighted by Gasteiger charge is 2.17. The van der Waals surface area contributed by atoms with E-state index in [4.69, 9.17) is 0 Å². The average molecular weight is 493 g/mol. The summed E-state index contributed by atoms with van der Waals surface area (Å²) >= 11 is 2.07. The molecular weight excluding hydrogens is 477 g/mol. The number of rotatable bonds is 5. The van der Waals surface area contributed by atoms with Crippen molar-refractivity contribution in [3.8, 4) is 0 Å². The van der Waals surface area contributed by atoms with Crippen LogP contribution >= 0.6 is 22.6 Å². The number of anilines is 2. The molecule has 2 N–H and O–H groups in total. The molecule has 0 aliphatic heterocycles. The van der Waals surface area contributed by atoms with E-state index in [0.717, 1.165) is 9.13 Å². The summed E-state index contributed by atoms with van der Waals surface area (Å²) in [7, 11) is -3.80. The van der Waals surface area contributed by atoms with Crippen LogP contribution < -0.4 is 10.0 Å². The number of amides is 1. The van der Waals surface area contributed by atoms with Crippen molar-refractivity contribution in [3.05, 3.63) is 81.7 Å². The second kappa shape index (κ2) is 8.05. The predicted molar refractivity (Wildman–Crippen MR) is 113 cm³/mol. The molecule has 0 spiro atoms. The van der Waals surface area contributed by atoms with Crippen LogP contribution in [-0.4, -0.2) is 19.3 Å². The molecule has 1 heterocycles. The minimum Gasteiger partial charge on any atom is -0.321 e. The number of nitrogens with one attached hydrogen (secondary N) is 2. The monoisotopic (exact) mass is 493 g/mol. The van der Waals surface area contributed by atoms with Gasteiger partial charge in [-0.2, -0.15) is 0 Å². The van der Waals surface area contributed by atoms with Gasteiger partial charge in [-0.25, -0.2) is 8.42 Å². The highest BCUT2D eigenvalue weighted by molar-refractivity contribution is 14.1. The van der Waals surface area contributed by atoms with Gasteiger partial charge in [0.25, 0.3) is 15.9 Å². The van der Waals surface area contributed by atoms with E-state index in [1.807, 2.05) is 19.1 Å². The van der Waals surface area contributed by atoms with Crippen LogP contribution in [0.3, 0.4) is 0 Å². The standard InChI is InChI=1S/C19H16IN3O3S/c1-13-8-9-16(20)18(11-13)23-27(25,26)15-6-4-5-14(12-15)22-19(24)17-7-2-3-10-21-17/h2-12,23H,1H3,(H,22,24).